The summed E-state index contributed by atoms with van der Waals surface area (Å²) in [4.78, 5) is 27.3. The van der Waals surface area contributed by atoms with E-state index in [9.17, 15) is 91.3 Å². The number of carbonyl (C=O) groups excluding carboxylic acids is 2. The van der Waals surface area contributed by atoms with Crippen LogP contribution >= 0.6 is 0 Å². The second kappa shape index (κ2) is 34.5. The van der Waals surface area contributed by atoms with Crippen LogP contribution in [0.15, 0.2) is 6.20 Å². The van der Waals surface area contributed by atoms with Gasteiger partial charge in [-0.2, -0.15) is 0 Å². The van der Waals surface area contributed by atoms with E-state index in [-0.39, 0.29) is 32.0 Å². The highest BCUT2D eigenvalue weighted by atomic mass is 16.8. The molecule has 7 rings (SSSR count). The molecule has 90 heavy (non-hydrogen) atoms. The summed E-state index contributed by atoms with van der Waals surface area (Å²) in [7, 11) is 0. The lowest BCUT2D eigenvalue weighted by Gasteiger charge is -2.52. The van der Waals surface area contributed by atoms with Crippen molar-refractivity contribution in [3.05, 3.63) is 11.9 Å². The van der Waals surface area contributed by atoms with Crippen molar-refractivity contribution in [2.24, 2.45) is 11.7 Å². The van der Waals surface area contributed by atoms with Gasteiger partial charge in [0.1, 0.15) is 134 Å². The van der Waals surface area contributed by atoms with Crippen LogP contribution in [0.1, 0.15) is 33.4 Å². The summed E-state index contributed by atoms with van der Waals surface area (Å²) < 4.78 is 83.8. The molecule has 6 fully saturated rings. The molecule has 6 aliphatic heterocycles. The van der Waals surface area contributed by atoms with Crippen molar-refractivity contribution in [3.8, 4) is 0 Å². The maximum Gasteiger partial charge on any atom is 0.221 e. The molecule has 6 saturated heterocycles. The lowest BCUT2D eigenvalue weighted by molar-refractivity contribution is -0.402. The summed E-state index contributed by atoms with van der Waals surface area (Å²) in [6.07, 6.45) is -50.6. The monoisotopic (exact) mass is 1310 g/mol. The fourth-order valence-corrected chi connectivity index (χ4v) is 11.1. The van der Waals surface area contributed by atoms with E-state index >= 15 is 0 Å². The summed E-state index contributed by atoms with van der Waals surface area (Å²) in [6, 6.07) is -1.86. The number of nitrogens with one attached hydrogen (secondary N) is 1. The summed E-state index contributed by atoms with van der Waals surface area (Å²) in [5.74, 6) is -2.71. The molecule has 1 aromatic rings. The van der Waals surface area contributed by atoms with E-state index in [0.717, 1.165) is 18.7 Å². The van der Waals surface area contributed by atoms with E-state index in [0.29, 0.717) is 33.0 Å². The topological polar surface area (TPSA) is 559 Å². The Bertz CT molecular complexity index is 2310. The third kappa shape index (κ3) is 17.6. The van der Waals surface area contributed by atoms with Gasteiger partial charge in [-0.1, -0.05) is 12.1 Å². The minimum atomic E-state index is -2.23. The Morgan fingerprint density at radius 1 is 0.511 bits per heavy atom. The first-order valence-corrected chi connectivity index (χ1v) is 29.5. The van der Waals surface area contributed by atoms with Gasteiger partial charge < -0.3 is 164 Å². The zero-order valence-electron chi connectivity index (χ0n) is 49.9. The number of rotatable bonds is 30. The number of ether oxygens (including phenoxy) is 14. The first-order chi connectivity index (χ1) is 42.9. The summed E-state index contributed by atoms with van der Waals surface area (Å²) in [5.41, 5.74) is 5.61. The maximum absolute atomic E-state index is 13.2. The standard InChI is InChI=1S/C52H90N6O32/c1-20-31(66)33(68)25(15-59)82-48(20)89-45-36(71)28(18-62)85-52(46(45)90-50-40(75)37(72)32(67)21(2)80-50)87-43-30(54-22(3)64)49(83-26(16-60)34(43)69)88-44-35(70)27(17-61)84-51(41(44)76)86-42-29(19-63)81-47(39(74)38(42)73)58(23(4)65)14-24-13-57(56-55-24)6-8-78-10-12-79-11-9-77-7-5-53/h13,20-21,25-52,59-63,66-76H,5-12,14-19,53H2,1-4H3,(H,54,64)/t20-,21?,25?,26?,27?,28?,29-,30-,31+,32+,33-,34+,35-,36-,37-,38?,39?,40+,41-,42+,43+,44-,45-,46-,47?,48?,49?,50?,51?,52?/m0/s1. The zero-order chi connectivity index (χ0) is 65.8. The summed E-state index contributed by atoms with van der Waals surface area (Å²) in [5, 5.41) is 188. The molecular weight excluding hydrogens is 1220 g/mol. The van der Waals surface area contributed by atoms with E-state index in [1.54, 1.807) is 0 Å². The Hall–Kier alpha value is -3.16. The first kappa shape index (κ1) is 74.2. The third-order valence-corrected chi connectivity index (χ3v) is 16.2. The van der Waals surface area contributed by atoms with E-state index in [1.807, 2.05) is 0 Å². The van der Waals surface area contributed by atoms with Crippen LogP contribution in [-0.2, 0) is 89.0 Å². The van der Waals surface area contributed by atoms with Gasteiger partial charge in [0.2, 0.25) is 11.8 Å². The van der Waals surface area contributed by atoms with Crippen LogP contribution in [0.5, 0.6) is 0 Å². The Kier molecular flexibility index (Phi) is 28.5. The van der Waals surface area contributed by atoms with Crippen molar-refractivity contribution in [2.75, 3.05) is 79.2 Å². The maximum atomic E-state index is 13.2. The lowest BCUT2D eigenvalue weighted by atomic mass is 9.91. The van der Waals surface area contributed by atoms with Crippen LogP contribution < -0.4 is 11.1 Å². The minimum Gasteiger partial charge on any atom is -0.394 e. The summed E-state index contributed by atoms with van der Waals surface area (Å²) in [6.45, 7) is 2.25. The number of nitrogens with two attached hydrogens (primary N) is 1. The molecule has 0 saturated carbocycles. The normalized spacial score (nSPS) is 42.6. The molecular formula is C52H90N6O32. The van der Waals surface area contributed by atoms with E-state index in [4.69, 9.17) is 72.0 Å². The van der Waals surface area contributed by atoms with Crippen LogP contribution in [0.3, 0.4) is 0 Å². The molecule has 0 aliphatic carbocycles. The molecule has 1 aromatic heterocycles. The predicted molar refractivity (Wildman–Crippen MR) is 288 cm³/mol. The average molecular weight is 1310 g/mol. The second-order valence-corrected chi connectivity index (χ2v) is 22.6. The largest absolute Gasteiger partial charge is 0.394 e. The van der Waals surface area contributed by atoms with Crippen molar-refractivity contribution in [1.82, 2.24) is 25.2 Å². The highest BCUT2D eigenvalue weighted by Crippen LogP contribution is 2.39. The molecule has 6 aliphatic rings. The number of hydrogen-bond donors (Lipinski definition) is 18. The van der Waals surface area contributed by atoms with Crippen LogP contribution in [0.2, 0.25) is 0 Å². The first-order valence-electron chi connectivity index (χ1n) is 29.5. The van der Waals surface area contributed by atoms with E-state index < -0.39 is 229 Å². The highest BCUT2D eigenvalue weighted by Gasteiger charge is 2.59. The number of aliphatic hydroxyl groups is 16. The Morgan fingerprint density at radius 2 is 1.01 bits per heavy atom. The van der Waals surface area contributed by atoms with Crippen LogP contribution in [0.25, 0.3) is 0 Å². The van der Waals surface area contributed by atoms with Gasteiger partial charge in [0, 0.05) is 26.3 Å². The Labute approximate surface area is 515 Å². The Balaban J connectivity index is 1.10. The fraction of sp³-hybridized carbons (Fsp3) is 0.923. The molecule has 0 radical (unpaired) electrons. The average Bonchev–Trinajstić information content (AvgIpc) is 0.890. The van der Waals surface area contributed by atoms with Crippen LogP contribution in [0, 0.1) is 5.92 Å². The van der Waals surface area contributed by atoms with Crippen molar-refractivity contribution in [1.29, 1.82) is 0 Å². The molecule has 19 N–H and O–H groups in total. The number of carbonyl (C=O) groups is 2. The van der Waals surface area contributed by atoms with E-state index in [1.165, 1.54) is 24.7 Å². The SMILES string of the molecule is CC(=O)N[C@@H]1C(O[C@@H]2[C@H](O)C(O[C@H]3C(O)C(O)C(N(Cc4cn(CCOCCOCCOCCN)nn4)C(C)=O)O[C@H]3CO)OC(CO)[C@@H]2O)OC(CO)[C@@H](O)[C@@H]1OC1OC(CO)[C@H](O)[C@H](OC2OC(CO)[C@H](O)[C@H](O)[C@@H]2C)[C@@H]1OC1OC(C)[C@@H](O)[C@H](O)[C@H]1O. The number of nitrogens with zero attached hydrogens (tertiary/aromatic N) is 4. The van der Waals surface area contributed by atoms with Gasteiger partial charge in [-0.15, -0.1) is 5.10 Å². The molecule has 2 amide bonds. The second-order valence-electron chi connectivity index (χ2n) is 22.6. The molecule has 38 heteroatoms. The van der Waals surface area contributed by atoms with Gasteiger partial charge in [-0.3, -0.25) is 9.59 Å². The van der Waals surface area contributed by atoms with Gasteiger partial charge in [-0.25, -0.2) is 4.68 Å². The third-order valence-electron chi connectivity index (χ3n) is 16.2. The molecule has 30 atom stereocenters. The predicted octanol–water partition coefficient (Wildman–Crippen LogP) is -12.0. The van der Waals surface area contributed by atoms with Gasteiger partial charge in [0.25, 0.3) is 0 Å². The lowest BCUT2D eigenvalue weighted by Crippen LogP contribution is -2.71. The number of hydrogen-bond acceptors (Lipinski definition) is 35. The summed E-state index contributed by atoms with van der Waals surface area (Å²) >= 11 is 0. The molecule has 0 bridgehead atoms. The van der Waals surface area contributed by atoms with Crippen LogP contribution in [0.4, 0.5) is 0 Å². The van der Waals surface area contributed by atoms with Crippen molar-refractivity contribution in [2.45, 2.75) is 219 Å². The molecule has 0 spiro atoms. The van der Waals surface area contributed by atoms with Crippen molar-refractivity contribution < 1.29 is 158 Å². The molecule has 13 unspecified atom stereocenters. The fourth-order valence-electron chi connectivity index (χ4n) is 11.1. The van der Waals surface area contributed by atoms with Gasteiger partial charge >= 0.3 is 0 Å². The van der Waals surface area contributed by atoms with Gasteiger partial charge in [0.15, 0.2) is 37.7 Å². The molecule has 0 aromatic carbocycles. The van der Waals surface area contributed by atoms with E-state index in [2.05, 4.69) is 15.6 Å². The Morgan fingerprint density at radius 3 is 1.61 bits per heavy atom. The van der Waals surface area contributed by atoms with Crippen molar-refractivity contribution >= 4 is 11.8 Å². The van der Waals surface area contributed by atoms with Crippen LogP contribution in [-0.4, -0.2) is 371 Å². The number of aliphatic hydroxyl groups excluding tert-OH is 16. The molecule has 38 nitrogen and oxygen atoms in total. The quantitative estimate of drug-likeness (QED) is 0.0318. The smallest absolute Gasteiger partial charge is 0.221 e. The highest BCUT2D eigenvalue weighted by molar-refractivity contribution is 5.73. The number of amides is 2. The zero-order valence-corrected chi connectivity index (χ0v) is 49.9. The molecule has 520 valence electrons. The minimum absolute atomic E-state index is 0.216. The van der Waals surface area contributed by atoms with Gasteiger partial charge in [-0.05, 0) is 6.92 Å². The van der Waals surface area contributed by atoms with Gasteiger partial charge in [0.05, 0.1) is 104 Å². The van der Waals surface area contributed by atoms with Crippen molar-refractivity contribution in [3.63, 3.8) is 0 Å². The molecule has 7 heterocycles. The number of aromatic nitrogens is 3.